The second kappa shape index (κ2) is 9.65. The number of hydrogen-bond acceptors (Lipinski definition) is 4. The highest BCUT2D eigenvalue weighted by Crippen LogP contribution is 2.16. The minimum absolute atomic E-state index is 0.0417. The summed E-state index contributed by atoms with van der Waals surface area (Å²) in [7, 11) is 0. The highest BCUT2D eigenvalue weighted by Gasteiger charge is 2.26. The largest absolute Gasteiger partial charge is 0.484 e. The van der Waals surface area contributed by atoms with Crippen molar-refractivity contribution in [3.8, 4) is 5.75 Å². The van der Waals surface area contributed by atoms with Crippen molar-refractivity contribution < 1.29 is 19.1 Å². The van der Waals surface area contributed by atoms with Crippen molar-refractivity contribution in [1.82, 2.24) is 10.6 Å². The number of benzene rings is 1. The van der Waals surface area contributed by atoms with Gasteiger partial charge < -0.3 is 26.4 Å². The molecule has 2 rings (SSSR count). The number of nitrogens with one attached hydrogen (secondary N) is 3. The molecule has 1 aliphatic heterocycles. The van der Waals surface area contributed by atoms with E-state index < -0.39 is 5.91 Å². The first-order valence-electron chi connectivity index (χ1n) is 8.82. The molecule has 4 amide bonds. The van der Waals surface area contributed by atoms with E-state index in [-0.39, 0.29) is 30.6 Å². The number of urea groups is 1. The van der Waals surface area contributed by atoms with E-state index in [0.29, 0.717) is 17.9 Å². The predicted molar refractivity (Wildman–Crippen MR) is 97.8 cm³/mol. The number of anilines is 1. The third-order valence-corrected chi connectivity index (χ3v) is 4.22. The molecular weight excluding hydrogens is 336 g/mol. The Balaban J connectivity index is 1.59. The maximum Gasteiger partial charge on any atom is 0.315 e. The van der Waals surface area contributed by atoms with Gasteiger partial charge in [-0.15, -0.1) is 0 Å². The van der Waals surface area contributed by atoms with E-state index in [4.69, 9.17) is 10.5 Å². The van der Waals surface area contributed by atoms with Crippen LogP contribution in [0.3, 0.4) is 0 Å². The predicted octanol–water partition coefficient (Wildman–Crippen LogP) is 1.51. The fourth-order valence-corrected chi connectivity index (χ4v) is 2.80. The molecule has 0 aromatic heterocycles. The van der Waals surface area contributed by atoms with Crippen LogP contribution in [-0.4, -0.2) is 36.5 Å². The van der Waals surface area contributed by atoms with E-state index in [0.717, 1.165) is 25.7 Å². The third kappa shape index (κ3) is 6.62. The Bertz CT molecular complexity index is 633. The summed E-state index contributed by atoms with van der Waals surface area (Å²) < 4.78 is 5.16. The van der Waals surface area contributed by atoms with Crippen molar-refractivity contribution in [1.29, 1.82) is 0 Å². The molecule has 8 nitrogen and oxygen atoms in total. The molecule has 0 saturated carbocycles. The quantitative estimate of drug-likeness (QED) is 0.471. The lowest BCUT2D eigenvalue weighted by Crippen LogP contribution is -2.30. The van der Waals surface area contributed by atoms with Crippen molar-refractivity contribution >= 4 is 23.5 Å². The summed E-state index contributed by atoms with van der Waals surface area (Å²) in [6, 6.07) is 6.99. The number of hydrogen-bond donors (Lipinski definition) is 4. The molecule has 142 valence electrons. The van der Waals surface area contributed by atoms with Gasteiger partial charge in [-0.2, -0.15) is 0 Å². The fraction of sp³-hybridized carbons (Fsp3) is 0.500. The van der Waals surface area contributed by atoms with Crippen LogP contribution in [0.25, 0.3) is 0 Å². The number of nitrogens with two attached hydrogens (primary N) is 1. The summed E-state index contributed by atoms with van der Waals surface area (Å²) >= 11 is 0. The zero-order chi connectivity index (χ0) is 18.9. The molecule has 0 aliphatic carbocycles. The van der Waals surface area contributed by atoms with Crippen molar-refractivity contribution in [3.05, 3.63) is 24.3 Å². The van der Waals surface area contributed by atoms with Crippen LogP contribution in [0.2, 0.25) is 0 Å². The molecule has 1 fully saturated rings. The maximum absolute atomic E-state index is 12.0. The lowest BCUT2D eigenvalue weighted by Gasteiger charge is -2.13. The fourth-order valence-electron chi connectivity index (χ4n) is 2.80. The van der Waals surface area contributed by atoms with E-state index in [2.05, 4.69) is 16.0 Å². The van der Waals surface area contributed by atoms with Crippen LogP contribution in [0.15, 0.2) is 24.3 Å². The third-order valence-electron chi connectivity index (χ3n) is 4.22. The normalized spacial score (nSPS) is 18.7. The number of rotatable bonds is 10. The minimum Gasteiger partial charge on any atom is -0.484 e. The highest BCUT2D eigenvalue weighted by atomic mass is 16.5. The molecule has 1 aromatic carbocycles. The van der Waals surface area contributed by atoms with Gasteiger partial charge in [0, 0.05) is 18.2 Å². The summed E-state index contributed by atoms with van der Waals surface area (Å²) in [5.74, 6) is -0.0621. The molecule has 0 spiro atoms. The van der Waals surface area contributed by atoms with Crippen molar-refractivity contribution in [3.63, 3.8) is 0 Å². The monoisotopic (exact) mass is 362 g/mol. The van der Waals surface area contributed by atoms with E-state index in [9.17, 15) is 14.4 Å². The lowest BCUT2D eigenvalue weighted by molar-refractivity contribution is -0.120. The number of unbranched alkanes of at least 4 members (excludes halogenated alkanes) is 2. The van der Waals surface area contributed by atoms with Crippen molar-refractivity contribution in [2.24, 2.45) is 5.73 Å². The van der Waals surface area contributed by atoms with Crippen LogP contribution in [-0.2, 0) is 9.59 Å². The van der Waals surface area contributed by atoms with Gasteiger partial charge in [-0.1, -0.05) is 12.8 Å². The standard InChI is InChI=1S/C18H26N4O4/c1-12-15(22-18(25)20-12)5-3-2-4-6-17(24)21-13-7-9-14(10-8-13)26-11-16(19)23/h7-10,12,15H,2-6,11H2,1H3,(H2,19,23)(H,21,24)(H2,20,22,25)/t12-,15-/m1/s1. The van der Waals surface area contributed by atoms with Gasteiger partial charge in [-0.25, -0.2) is 4.79 Å². The van der Waals surface area contributed by atoms with Crippen LogP contribution in [0.5, 0.6) is 5.75 Å². The molecular formula is C18H26N4O4. The Morgan fingerprint density at radius 2 is 1.88 bits per heavy atom. The van der Waals surface area contributed by atoms with Gasteiger partial charge in [0.15, 0.2) is 6.61 Å². The first-order valence-corrected chi connectivity index (χ1v) is 8.82. The SMILES string of the molecule is C[C@H]1NC(=O)N[C@@H]1CCCCCC(=O)Nc1ccc(OCC(N)=O)cc1. The second-order valence-electron chi connectivity index (χ2n) is 6.44. The smallest absolute Gasteiger partial charge is 0.315 e. The van der Waals surface area contributed by atoms with Gasteiger partial charge in [0.2, 0.25) is 5.91 Å². The average Bonchev–Trinajstić information content (AvgIpc) is 2.91. The Hall–Kier alpha value is -2.77. The molecule has 26 heavy (non-hydrogen) atoms. The number of carbonyl (C=O) groups is 3. The molecule has 0 unspecified atom stereocenters. The van der Waals surface area contributed by atoms with Gasteiger partial charge in [0.1, 0.15) is 5.75 Å². The lowest BCUT2D eigenvalue weighted by atomic mass is 10.0. The first-order chi connectivity index (χ1) is 12.4. The Morgan fingerprint density at radius 1 is 1.15 bits per heavy atom. The summed E-state index contributed by atoms with van der Waals surface area (Å²) in [5, 5.41) is 8.54. The van der Waals surface area contributed by atoms with Crippen molar-refractivity contribution in [2.45, 2.75) is 51.1 Å². The average molecular weight is 362 g/mol. The molecule has 0 bridgehead atoms. The van der Waals surface area contributed by atoms with Crippen LogP contribution in [0.1, 0.15) is 39.0 Å². The second-order valence-corrected chi connectivity index (χ2v) is 6.44. The summed E-state index contributed by atoms with van der Waals surface area (Å²) in [5.41, 5.74) is 5.69. The van der Waals surface area contributed by atoms with Gasteiger partial charge >= 0.3 is 6.03 Å². The van der Waals surface area contributed by atoms with Crippen LogP contribution in [0, 0.1) is 0 Å². The Morgan fingerprint density at radius 3 is 2.50 bits per heavy atom. The Kier molecular flexibility index (Phi) is 7.25. The summed E-state index contributed by atoms with van der Waals surface area (Å²) in [6.07, 6.45) is 4.07. The van der Waals surface area contributed by atoms with E-state index in [1.54, 1.807) is 24.3 Å². The van der Waals surface area contributed by atoms with Gasteiger partial charge in [0.25, 0.3) is 5.91 Å². The molecule has 0 radical (unpaired) electrons. The van der Waals surface area contributed by atoms with E-state index >= 15 is 0 Å². The Labute approximate surface area is 152 Å². The summed E-state index contributed by atoms with van der Waals surface area (Å²) in [6.45, 7) is 1.81. The number of amides is 4. The van der Waals surface area contributed by atoms with Gasteiger partial charge in [0.05, 0.1) is 6.04 Å². The first kappa shape index (κ1) is 19.6. The van der Waals surface area contributed by atoms with Crippen molar-refractivity contribution in [2.75, 3.05) is 11.9 Å². The molecule has 5 N–H and O–H groups in total. The molecule has 2 atom stereocenters. The zero-order valence-corrected chi connectivity index (χ0v) is 14.9. The highest BCUT2D eigenvalue weighted by molar-refractivity contribution is 5.90. The van der Waals surface area contributed by atoms with Crippen LogP contribution >= 0.6 is 0 Å². The zero-order valence-electron chi connectivity index (χ0n) is 14.9. The topological polar surface area (TPSA) is 123 Å². The molecule has 1 aliphatic rings. The minimum atomic E-state index is -0.539. The number of primary amides is 1. The number of carbonyl (C=O) groups excluding carboxylic acids is 3. The van der Waals surface area contributed by atoms with Gasteiger partial charge in [-0.3, -0.25) is 9.59 Å². The molecule has 1 aromatic rings. The van der Waals surface area contributed by atoms with Crippen LogP contribution < -0.4 is 26.4 Å². The number of ether oxygens (including phenoxy) is 1. The maximum atomic E-state index is 12.0. The summed E-state index contributed by atoms with van der Waals surface area (Å²) in [4.78, 5) is 33.8. The molecule has 8 heteroatoms. The molecule has 1 heterocycles. The van der Waals surface area contributed by atoms with Gasteiger partial charge in [-0.05, 0) is 44.0 Å². The van der Waals surface area contributed by atoms with E-state index in [1.165, 1.54) is 0 Å². The van der Waals surface area contributed by atoms with E-state index in [1.807, 2.05) is 6.92 Å². The van der Waals surface area contributed by atoms with Crippen LogP contribution in [0.4, 0.5) is 10.5 Å². The molecule has 1 saturated heterocycles.